The number of rotatable bonds is 6. The minimum Gasteiger partial charge on any atom is -0.493 e. The molecule has 1 atom stereocenters. The van der Waals surface area contributed by atoms with E-state index in [0.717, 1.165) is 4.57 Å². The lowest BCUT2D eigenvalue weighted by molar-refractivity contribution is -0.136. The van der Waals surface area contributed by atoms with Gasteiger partial charge >= 0.3 is 11.7 Å². The molecule has 1 N–H and O–H groups in total. The van der Waals surface area contributed by atoms with Crippen LogP contribution in [0.4, 0.5) is 5.82 Å². The normalized spacial score (nSPS) is 16.8. The molecule has 3 heterocycles. The van der Waals surface area contributed by atoms with E-state index >= 15 is 0 Å². The minimum atomic E-state index is -0.785. The first-order chi connectivity index (χ1) is 15.4. The summed E-state index contributed by atoms with van der Waals surface area (Å²) >= 11 is 0. The summed E-state index contributed by atoms with van der Waals surface area (Å²) in [6, 6.07) is 3.40. The molecule has 0 amide bonds. The lowest BCUT2D eigenvalue weighted by Crippen LogP contribution is -2.44. The van der Waals surface area contributed by atoms with Crippen LogP contribution in [0.1, 0.15) is 30.4 Å². The number of hydrogen-bond acceptors (Lipinski definition) is 8. The Morgan fingerprint density at radius 2 is 1.75 bits per heavy atom. The molecule has 170 valence electrons. The summed E-state index contributed by atoms with van der Waals surface area (Å²) in [6.45, 7) is 2.38. The van der Waals surface area contributed by atoms with Crippen LogP contribution in [-0.2, 0) is 23.1 Å². The van der Waals surface area contributed by atoms with Gasteiger partial charge in [-0.05, 0) is 24.1 Å². The number of aromatic nitrogens is 2. The number of nitrogens with zero attached hydrogens (tertiary/aromatic N) is 2. The van der Waals surface area contributed by atoms with Gasteiger partial charge in [0.25, 0.3) is 5.56 Å². The van der Waals surface area contributed by atoms with Crippen LogP contribution in [0.2, 0.25) is 0 Å². The van der Waals surface area contributed by atoms with E-state index in [1.165, 1.54) is 32.9 Å². The first kappa shape index (κ1) is 21.5. The molecule has 2 aromatic rings. The molecule has 4 rings (SSSR count). The fourth-order valence-electron chi connectivity index (χ4n) is 4.32. The monoisotopic (exact) mass is 443 g/mol. The summed E-state index contributed by atoms with van der Waals surface area (Å²) in [5.41, 5.74) is 0.792. The van der Waals surface area contributed by atoms with Gasteiger partial charge in [0.2, 0.25) is 5.75 Å². The third kappa shape index (κ3) is 3.05. The molecule has 0 unspecified atom stereocenters. The maximum absolute atomic E-state index is 13.3. The predicted octanol–water partition coefficient (Wildman–Crippen LogP) is 1.35. The summed E-state index contributed by atoms with van der Waals surface area (Å²) in [7, 11) is 5.90. The second kappa shape index (κ2) is 8.10. The van der Waals surface area contributed by atoms with Crippen LogP contribution in [0.3, 0.4) is 0 Å². The van der Waals surface area contributed by atoms with Crippen molar-refractivity contribution in [3.05, 3.63) is 55.4 Å². The van der Waals surface area contributed by atoms with Crippen LogP contribution in [0.25, 0.3) is 0 Å². The Labute approximate surface area is 184 Å². The van der Waals surface area contributed by atoms with E-state index in [9.17, 15) is 14.4 Å². The number of methoxy groups -OCH3 is 3. The molecule has 2 aliphatic heterocycles. The molecule has 10 nitrogen and oxygen atoms in total. The number of benzene rings is 1. The van der Waals surface area contributed by atoms with Gasteiger partial charge in [0, 0.05) is 13.6 Å². The predicted molar refractivity (Wildman–Crippen MR) is 116 cm³/mol. The summed E-state index contributed by atoms with van der Waals surface area (Å²) in [5, 5.41) is 3.13. The summed E-state index contributed by atoms with van der Waals surface area (Å²) in [5.74, 6) is 0.221. The van der Waals surface area contributed by atoms with Crippen molar-refractivity contribution < 1.29 is 23.7 Å². The largest absolute Gasteiger partial charge is 0.493 e. The number of ether oxygens (including phenoxy) is 4. The van der Waals surface area contributed by atoms with Gasteiger partial charge in [-0.2, -0.15) is 0 Å². The molecule has 0 fully saturated rings. The molecular formula is C22H25N3O7. The highest BCUT2D eigenvalue weighted by Crippen LogP contribution is 2.47. The number of esters is 1. The molecule has 0 saturated heterocycles. The van der Waals surface area contributed by atoms with E-state index in [1.54, 1.807) is 12.1 Å². The Morgan fingerprint density at radius 3 is 2.31 bits per heavy atom. The second-order valence-corrected chi connectivity index (χ2v) is 7.55. The number of cyclic esters (lactones) is 1. The SMILES string of the molecule is CCCn1c2c(c(=O)n(C)c1=O)[C@H](c1cc(OC)c(OC)c(OC)c1)C1=C(COC1=O)N2. The van der Waals surface area contributed by atoms with Crippen molar-refractivity contribution >= 4 is 11.8 Å². The van der Waals surface area contributed by atoms with Crippen LogP contribution < -0.4 is 30.8 Å². The van der Waals surface area contributed by atoms with E-state index in [2.05, 4.69) is 5.32 Å². The molecule has 10 heteroatoms. The molecule has 2 aliphatic rings. The molecule has 0 bridgehead atoms. The van der Waals surface area contributed by atoms with Gasteiger partial charge in [0.05, 0.1) is 44.1 Å². The van der Waals surface area contributed by atoms with Crippen LogP contribution >= 0.6 is 0 Å². The molecule has 0 saturated carbocycles. The average molecular weight is 443 g/mol. The van der Waals surface area contributed by atoms with Gasteiger partial charge in [-0.15, -0.1) is 0 Å². The van der Waals surface area contributed by atoms with Crippen molar-refractivity contribution in [2.45, 2.75) is 25.8 Å². The van der Waals surface area contributed by atoms with E-state index in [-0.39, 0.29) is 12.2 Å². The van der Waals surface area contributed by atoms with E-state index in [1.807, 2.05) is 6.92 Å². The highest BCUT2D eigenvalue weighted by atomic mass is 16.5. The third-order valence-corrected chi connectivity index (χ3v) is 5.78. The third-order valence-electron chi connectivity index (χ3n) is 5.78. The minimum absolute atomic E-state index is 0.0318. The molecule has 0 aliphatic carbocycles. The molecular weight excluding hydrogens is 418 g/mol. The molecule has 0 spiro atoms. The van der Waals surface area contributed by atoms with Crippen molar-refractivity contribution in [3.63, 3.8) is 0 Å². The van der Waals surface area contributed by atoms with Crippen molar-refractivity contribution in [2.24, 2.45) is 7.05 Å². The Bertz CT molecular complexity index is 1230. The van der Waals surface area contributed by atoms with Crippen LogP contribution in [0.15, 0.2) is 33.0 Å². The van der Waals surface area contributed by atoms with Gasteiger partial charge in [0.1, 0.15) is 12.4 Å². The quantitative estimate of drug-likeness (QED) is 0.667. The van der Waals surface area contributed by atoms with Crippen molar-refractivity contribution in [1.29, 1.82) is 0 Å². The summed E-state index contributed by atoms with van der Waals surface area (Å²) in [4.78, 5) is 38.9. The molecule has 1 aromatic heterocycles. The van der Waals surface area contributed by atoms with Gasteiger partial charge in [-0.25, -0.2) is 9.59 Å². The number of carbonyl (C=O) groups excluding carboxylic acids is 1. The van der Waals surface area contributed by atoms with Gasteiger partial charge in [0.15, 0.2) is 11.5 Å². The van der Waals surface area contributed by atoms with Gasteiger partial charge in [-0.3, -0.25) is 13.9 Å². The van der Waals surface area contributed by atoms with Gasteiger partial charge < -0.3 is 24.3 Å². The number of nitrogens with one attached hydrogen (secondary N) is 1. The highest BCUT2D eigenvalue weighted by Gasteiger charge is 2.42. The summed E-state index contributed by atoms with van der Waals surface area (Å²) in [6.07, 6.45) is 0.683. The smallest absolute Gasteiger partial charge is 0.337 e. The zero-order chi connectivity index (χ0) is 23.2. The van der Waals surface area contributed by atoms with E-state index in [0.29, 0.717) is 52.9 Å². The second-order valence-electron chi connectivity index (χ2n) is 7.55. The van der Waals surface area contributed by atoms with Crippen molar-refractivity contribution in [1.82, 2.24) is 9.13 Å². The summed E-state index contributed by atoms with van der Waals surface area (Å²) < 4.78 is 24.2. The molecule has 32 heavy (non-hydrogen) atoms. The first-order valence-electron chi connectivity index (χ1n) is 10.2. The fraction of sp³-hybridized carbons (Fsp3) is 0.409. The maximum atomic E-state index is 13.3. The van der Waals surface area contributed by atoms with Crippen LogP contribution in [0.5, 0.6) is 17.2 Å². The lowest BCUT2D eigenvalue weighted by atomic mass is 9.82. The molecule has 1 aromatic carbocycles. The lowest BCUT2D eigenvalue weighted by Gasteiger charge is -2.29. The number of anilines is 1. The Balaban J connectivity index is 2.08. The number of carbonyl (C=O) groups is 1. The van der Waals surface area contributed by atoms with E-state index in [4.69, 9.17) is 18.9 Å². The Hall–Kier alpha value is -3.69. The van der Waals surface area contributed by atoms with Crippen molar-refractivity contribution in [2.75, 3.05) is 33.3 Å². The van der Waals surface area contributed by atoms with E-state index < -0.39 is 23.1 Å². The topological polar surface area (TPSA) is 110 Å². The average Bonchev–Trinajstić information content (AvgIpc) is 3.18. The zero-order valence-electron chi connectivity index (χ0n) is 18.6. The van der Waals surface area contributed by atoms with Crippen molar-refractivity contribution in [3.8, 4) is 17.2 Å². The molecule has 0 radical (unpaired) electrons. The highest BCUT2D eigenvalue weighted by molar-refractivity contribution is 5.97. The van der Waals surface area contributed by atoms with Crippen LogP contribution in [0, 0.1) is 0 Å². The Morgan fingerprint density at radius 1 is 1.09 bits per heavy atom. The zero-order valence-corrected chi connectivity index (χ0v) is 18.6. The fourth-order valence-corrected chi connectivity index (χ4v) is 4.32. The number of hydrogen-bond donors (Lipinski definition) is 1. The number of fused-ring (bicyclic) bond motifs is 1. The van der Waals surface area contributed by atoms with Gasteiger partial charge in [-0.1, -0.05) is 6.92 Å². The Kier molecular flexibility index (Phi) is 5.45. The maximum Gasteiger partial charge on any atom is 0.337 e. The van der Waals surface area contributed by atoms with Crippen LogP contribution in [-0.4, -0.2) is 43.0 Å². The standard InChI is InChI=1S/C22H25N3O7/c1-6-7-25-19-17(20(26)24(2)22(25)28)15(16-12(23-19)10-32-21(16)27)11-8-13(29-3)18(31-5)14(9-11)30-4/h8-9,15,23H,6-7,10H2,1-5H3/t15-/m1/s1. The first-order valence-corrected chi connectivity index (χ1v) is 10.2.